The number of benzene rings is 1. The first-order valence-corrected chi connectivity index (χ1v) is 14.7. The van der Waals surface area contributed by atoms with Crippen LogP contribution in [-0.2, 0) is 10.2 Å². The molecule has 214 valence electrons. The van der Waals surface area contributed by atoms with Gasteiger partial charge in [-0.25, -0.2) is 18.8 Å². The number of halogens is 2. The Labute approximate surface area is 231 Å². The number of hydrogen-bond acceptors (Lipinski definition) is 7. The molecule has 4 unspecified atom stereocenters. The highest BCUT2D eigenvalue weighted by Gasteiger charge is 2.46. The minimum absolute atomic E-state index is 0.0993. The molecule has 0 bridgehead atoms. The van der Waals surface area contributed by atoms with Gasteiger partial charge in [-0.1, -0.05) is 26.0 Å². The topological polar surface area (TPSA) is 55.4 Å². The number of hydrogen-bond donors (Lipinski definition) is 2. The molecule has 3 saturated heterocycles. The van der Waals surface area contributed by atoms with E-state index in [1.54, 1.807) is 6.08 Å². The van der Waals surface area contributed by atoms with E-state index in [1.165, 1.54) is 0 Å². The molecular weight excluding hydrogens is 498 g/mol. The molecule has 0 saturated carbocycles. The van der Waals surface area contributed by atoms with Crippen molar-refractivity contribution in [2.45, 2.75) is 50.7 Å². The molecule has 4 heterocycles. The van der Waals surface area contributed by atoms with Crippen molar-refractivity contribution in [3.05, 3.63) is 35.7 Å². The van der Waals surface area contributed by atoms with Gasteiger partial charge in [-0.2, -0.15) is 0 Å². The van der Waals surface area contributed by atoms with Gasteiger partial charge < -0.3 is 15.4 Å². The predicted molar refractivity (Wildman–Crippen MR) is 152 cm³/mol. The third-order valence-electron chi connectivity index (χ3n) is 9.72. The van der Waals surface area contributed by atoms with E-state index in [0.717, 1.165) is 74.8 Å². The zero-order valence-corrected chi connectivity index (χ0v) is 23.7. The molecular formula is C30H44F2N6O. The number of hydrazine groups is 1. The lowest BCUT2D eigenvalue weighted by molar-refractivity contribution is -0.00237. The van der Waals surface area contributed by atoms with Crippen molar-refractivity contribution in [1.82, 2.24) is 20.2 Å². The summed E-state index contributed by atoms with van der Waals surface area (Å²) in [6, 6.07) is 6.58. The Morgan fingerprint density at radius 2 is 1.90 bits per heavy atom. The third-order valence-corrected chi connectivity index (χ3v) is 9.72. The summed E-state index contributed by atoms with van der Waals surface area (Å²) in [6.45, 7) is 12.1. The molecule has 0 spiro atoms. The van der Waals surface area contributed by atoms with Crippen LogP contribution < -0.4 is 10.6 Å². The summed E-state index contributed by atoms with van der Waals surface area (Å²) in [5.74, 6) is -1.06. The molecule has 1 aliphatic carbocycles. The first-order valence-electron chi connectivity index (χ1n) is 14.7. The average molecular weight is 543 g/mol. The molecule has 0 radical (unpaired) electrons. The van der Waals surface area contributed by atoms with Crippen molar-refractivity contribution in [3.63, 3.8) is 0 Å². The fourth-order valence-electron chi connectivity index (χ4n) is 7.43. The Balaban J connectivity index is 1.27. The number of morpholine rings is 1. The molecule has 39 heavy (non-hydrogen) atoms. The van der Waals surface area contributed by atoms with Gasteiger partial charge in [0.15, 0.2) is 0 Å². The average Bonchev–Trinajstić information content (AvgIpc) is 3.26. The van der Waals surface area contributed by atoms with E-state index < -0.39 is 17.5 Å². The zero-order chi connectivity index (χ0) is 27.2. The van der Waals surface area contributed by atoms with Crippen molar-refractivity contribution in [1.29, 1.82) is 0 Å². The number of aliphatic imine (C=N–C) groups is 1. The maximum atomic E-state index is 15.7. The Morgan fingerprint density at radius 1 is 1.13 bits per heavy atom. The van der Waals surface area contributed by atoms with Crippen LogP contribution in [0, 0.1) is 11.3 Å². The number of para-hydroxylation sites is 1. The van der Waals surface area contributed by atoms with Gasteiger partial charge in [0, 0.05) is 62.4 Å². The number of fused-ring (bicyclic) bond motifs is 1. The van der Waals surface area contributed by atoms with Crippen LogP contribution in [0.5, 0.6) is 0 Å². The number of rotatable bonds is 5. The van der Waals surface area contributed by atoms with Gasteiger partial charge in [-0.15, -0.1) is 0 Å². The maximum Gasteiger partial charge on any atom is 0.112 e. The van der Waals surface area contributed by atoms with Gasteiger partial charge in [-0.05, 0) is 50.1 Å². The van der Waals surface area contributed by atoms with Crippen LogP contribution in [0.3, 0.4) is 0 Å². The van der Waals surface area contributed by atoms with Gasteiger partial charge in [-0.3, -0.25) is 9.89 Å². The monoisotopic (exact) mass is 542 g/mol. The molecule has 3 fully saturated rings. The van der Waals surface area contributed by atoms with Crippen LogP contribution >= 0.6 is 0 Å². The van der Waals surface area contributed by atoms with Crippen LogP contribution in [-0.4, -0.2) is 105 Å². The highest BCUT2D eigenvalue weighted by atomic mass is 19.1. The SMILES string of the molecule is CN1CC(C)(C2=Nc3c(cccc3C3(C)C=C(F)C(CN4CCOCC4)C(F)C3)NC2)CN1C1CCNCC1. The van der Waals surface area contributed by atoms with Gasteiger partial charge in [0.25, 0.3) is 0 Å². The van der Waals surface area contributed by atoms with Crippen molar-refractivity contribution < 1.29 is 13.5 Å². The van der Waals surface area contributed by atoms with Crippen molar-refractivity contribution >= 4 is 17.1 Å². The van der Waals surface area contributed by atoms with Crippen LogP contribution in [0.25, 0.3) is 0 Å². The highest BCUT2D eigenvalue weighted by Crippen LogP contribution is 2.48. The Morgan fingerprint density at radius 3 is 2.64 bits per heavy atom. The number of anilines is 1. The van der Waals surface area contributed by atoms with Crippen LogP contribution in [0.1, 0.15) is 38.7 Å². The van der Waals surface area contributed by atoms with Crippen LogP contribution in [0.2, 0.25) is 0 Å². The summed E-state index contributed by atoms with van der Waals surface area (Å²) in [6.07, 6.45) is 2.99. The molecule has 6 rings (SSSR count). The molecule has 1 aromatic rings. The number of allylic oxidation sites excluding steroid dienone is 1. The van der Waals surface area contributed by atoms with E-state index in [9.17, 15) is 0 Å². The first-order chi connectivity index (χ1) is 18.8. The van der Waals surface area contributed by atoms with Crippen molar-refractivity contribution in [2.75, 3.05) is 77.9 Å². The quantitative estimate of drug-likeness (QED) is 0.589. The maximum absolute atomic E-state index is 15.7. The van der Waals surface area contributed by atoms with Gasteiger partial charge in [0.05, 0.1) is 37.1 Å². The zero-order valence-electron chi connectivity index (χ0n) is 23.7. The molecule has 4 atom stereocenters. The minimum atomic E-state index is -1.25. The molecule has 9 heteroatoms. The molecule has 4 aliphatic heterocycles. The Kier molecular flexibility index (Phi) is 7.56. The first kappa shape index (κ1) is 27.3. The van der Waals surface area contributed by atoms with Gasteiger partial charge in [0.2, 0.25) is 0 Å². The summed E-state index contributed by atoms with van der Waals surface area (Å²) >= 11 is 0. The molecule has 5 aliphatic rings. The molecule has 7 nitrogen and oxygen atoms in total. The summed E-state index contributed by atoms with van der Waals surface area (Å²) in [4.78, 5) is 7.41. The van der Waals surface area contributed by atoms with E-state index in [0.29, 0.717) is 32.3 Å². The van der Waals surface area contributed by atoms with E-state index >= 15 is 8.78 Å². The number of piperidine rings is 1. The lowest BCUT2D eigenvalue weighted by atomic mass is 9.70. The molecule has 2 N–H and O–H groups in total. The predicted octanol–water partition coefficient (Wildman–Crippen LogP) is 3.91. The fraction of sp³-hybridized carbons (Fsp3) is 0.700. The van der Waals surface area contributed by atoms with Crippen molar-refractivity contribution in [3.8, 4) is 0 Å². The lowest BCUT2D eigenvalue weighted by Gasteiger charge is -2.40. The van der Waals surface area contributed by atoms with E-state index in [-0.39, 0.29) is 17.7 Å². The normalized spacial score (nSPS) is 35.3. The largest absolute Gasteiger partial charge is 0.379 e. The second-order valence-corrected chi connectivity index (χ2v) is 12.8. The summed E-state index contributed by atoms with van der Waals surface area (Å²) < 4.78 is 36.7. The molecule has 0 amide bonds. The molecule has 1 aromatic carbocycles. The Hall–Kier alpha value is -1.91. The van der Waals surface area contributed by atoms with Gasteiger partial charge >= 0.3 is 0 Å². The number of nitrogens with one attached hydrogen (secondary N) is 2. The summed E-state index contributed by atoms with van der Waals surface area (Å²) in [7, 11) is 2.19. The summed E-state index contributed by atoms with van der Waals surface area (Å²) in [5.41, 5.74) is 2.95. The highest BCUT2D eigenvalue weighted by molar-refractivity contribution is 6.00. The number of alkyl halides is 1. The van der Waals surface area contributed by atoms with Gasteiger partial charge in [0.1, 0.15) is 12.0 Å². The Bertz CT molecular complexity index is 1120. The standard InChI is InChI=1S/C30H44F2N6O/c1-29(15-24(31)22(25(32)16-29)18-37-11-13-39-14-12-37)23-5-4-6-26-28(23)35-27(17-34-26)30(2)19-36(3)38(20-30)21-7-9-33-10-8-21/h4-6,15,21-22,25,33-34H,7-14,16-20H2,1-3H3. The van der Waals surface area contributed by atoms with E-state index in [1.807, 2.05) is 25.1 Å². The molecule has 0 aromatic heterocycles. The lowest BCUT2D eigenvalue weighted by Crippen LogP contribution is -2.47. The minimum Gasteiger partial charge on any atom is -0.379 e. The smallest absolute Gasteiger partial charge is 0.112 e. The number of nitrogens with zero attached hydrogens (tertiary/aromatic N) is 4. The third kappa shape index (κ3) is 5.28. The fourth-order valence-corrected chi connectivity index (χ4v) is 7.43. The van der Waals surface area contributed by atoms with E-state index in [4.69, 9.17) is 9.73 Å². The van der Waals surface area contributed by atoms with Crippen LogP contribution in [0.15, 0.2) is 35.1 Å². The van der Waals surface area contributed by atoms with Crippen LogP contribution in [0.4, 0.5) is 20.2 Å². The second kappa shape index (κ2) is 10.8. The van der Waals surface area contributed by atoms with Crippen molar-refractivity contribution in [2.24, 2.45) is 16.3 Å². The van der Waals surface area contributed by atoms with E-state index in [2.05, 4.69) is 39.5 Å². The summed E-state index contributed by atoms with van der Waals surface area (Å²) in [5, 5.41) is 12.0. The number of ether oxygens (including phenoxy) is 1. The second-order valence-electron chi connectivity index (χ2n) is 12.8.